The number of nitrogens with one attached hydrogen (secondary N) is 1. The maximum absolute atomic E-state index is 13.2. The lowest BCUT2D eigenvalue weighted by Crippen LogP contribution is -2.46. The molecule has 0 bridgehead atoms. The first-order valence-electron chi connectivity index (χ1n) is 9.62. The zero-order valence-electron chi connectivity index (χ0n) is 16.5. The largest absolute Gasteiger partial charge is 0.472 e. The summed E-state index contributed by atoms with van der Waals surface area (Å²) >= 11 is 0. The van der Waals surface area contributed by atoms with E-state index >= 15 is 0 Å². The summed E-state index contributed by atoms with van der Waals surface area (Å²) in [5.41, 5.74) is 11.1. The van der Waals surface area contributed by atoms with Crippen molar-refractivity contribution >= 4 is 12.0 Å². The van der Waals surface area contributed by atoms with Gasteiger partial charge in [-0.05, 0) is 56.5 Å². The molecule has 1 aliphatic carbocycles. The second-order valence-corrected chi connectivity index (χ2v) is 7.92. The van der Waals surface area contributed by atoms with Gasteiger partial charge in [0, 0.05) is 28.6 Å². The Morgan fingerprint density at radius 2 is 2.25 bits per heavy atom. The predicted octanol–water partition coefficient (Wildman–Crippen LogP) is 5.05. The van der Waals surface area contributed by atoms with Gasteiger partial charge in [-0.1, -0.05) is 18.1 Å². The molecule has 2 heterocycles. The predicted molar refractivity (Wildman–Crippen MR) is 102 cm³/mol. The number of cyclic esters (lactones) is 1. The minimum atomic E-state index is -0.704. The number of carbonyl (C=O) groups excluding carboxylic acids is 2. The number of urea groups is 1. The molecule has 8 nitrogen and oxygen atoms in total. The zero-order valence-corrected chi connectivity index (χ0v) is 16.5. The van der Waals surface area contributed by atoms with Gasteiger partial charge in [0.05, 0.1) is 17.9 Å². The lowest BCUT2D eigenvalue weighted by Gasteiger charge is -2.45. The van der Waals surface area contributed by atoms with Gasteiger partial charge in [0.1, 0.15) is 6.10 Å². The van der Waals surface area contributed by atoms with Gasteiger partial charge in [0.2, 0.25) is 0 Å². The highest BCUT2D eigenvalue weighted by Crippen LogP contribution is 2.59. The number of amides is 2. The van der Waals surface area contributed by atoms with Crippen LogP contribution in [0.5, 0.6) is 0 Å². The second-order valence-electron chi connectivity index (χ2n) is 7.92. The lowest BCUT2D eigenvalue weighted by atomic mass is 9.56. The topological polar surface area (TPSA) is 117 Å². The molecule has 0 radical (unpaired) electrons. The molecule has 2 fully saturated rings. The third kappa shape index (κ3) is 3.52. The van der Waals surface area contributed by atoms with E-state index in [4.69, 9.17) is 14.7 Å². The van der Waals surface area contributed by atoms with Crippen molar-refractivity contribution in [2.75, 3.05) is 6.54 Å². The SMILES string of the molecule is CC(C)=C1CC[C@@H](C)[C@]2(C[C@@H](c3ccoc3)OC2=O)[C@H]1CCNC(=O)N=[N+]=[N-]. The Balaban J connectivity index is 1.90. The van der Waals surface area contributed by atoms with Gasteiger partial charge in [-0.15, -0.1) is 0 Å². The van der Waals surface area contributed by atoms with Crippen molar-refractivity contribution < 1.29 is 18.7 Å². The van der Waals surface area contributed by atoms with Crippen LogP contribution in [0.15, 0.2) is 39.3 Å². The molecule has 1 aliphatic heterocycles. The molecule has 1 saturated carbocycles. The molecule has 8 heteroatoms. The van der Waals surface area contributed by atoms with Crippen LogP contribution in [0.1, 0.15) is 58.1 Å². The maximum atomic E-state index is 13.2. The van der Waals surface area contributed by atoms with Crippen molar-refractivity contribution in [2.24, 2.45) is 22.4 Å². The number of allylic oxidation sites excluding steroid dienone is 2. The summed E-state index contributed by atoms with van der Waals surface area (Å²) < 4.78 is 11.0. The first-order valence-corrected chi connectivity index (χ1v) is 9.62. The fourth-order valence-electron chi connectivity index (χ4n) is 4.89. The minimum Gasteiger partial charge on any atom is -0.472 e. The van der Waals surface area contributed by atoms with E-state index in [-0.39, 0.29) is 23.9 Å². The molecule has 2 amide bonds. The standard InChI is InChI=1S/C20H26N4O4/c1-12(2)15-5-4-13(3)20(16(15)6-8-22-19(26)23-24-21)10-17(28-18(20)25)14-7-9-27-11-14/h7,9,11,13,16-17H,4-6,8,10H2,1-3H3,(H,22,26)/t13-,16+,17+,20-/m1/s1. The number of furan rings is 1. The van der Waals surface area contributed by atoms with E-state index in [2.05, 4.69) is 36.1 Å². The maximum Gasteiger partial charge on any atom is 0.313 e. The van der Waals surface area contributed by atoms with Crippen LogP contribution in [0.25, 0.3) is 10.4 Å². The highest BCUT2D eigenvalue weighted by Gasteiger charge is 2.59. The molecule has 1 aromatic rings. The zero-order chi connectivity index (χ0) is 20.3. The number of carbonyl (C=O) groups is 2. The Labute approximate surface area is 163 Å². The fraction of sp³-hybridized carbons (Fsp3) is 0.600. The minimum absolute atomic E-state index is 0.0305. The number of hydrogen-bond donors (Lipinski definition) is 1. The highest BCUT2D eigenvalue weighted by atomic mass is 16.6. The molecule has 0 unspecified atom stereocenters. The van der Waals surface area contributed by atoms with E-state index in [0.29, 0.717) is 19.4 Å². The van der Waals surface area contributed by atoms with Crippen LogP contribution in [0.2, 0.25) is 0 Å². The molecule has 1 saturated heterocycles. The van der Waals surface area contributed by atoms with Gasteiger partial charge in [-0.25, -0.2) is 0 Å². The summed E-state index contributed by atoms with van der Waals surface area (Å²) in [6.07, 6.45) is 5.94. The summed E-state index contributed by atoms with van der Waals surface area (Å²) in [6, 6.07) is 1.13. The fourth-order valence-corrected chi connectivity index (χ4v) is 4.89. The van der Waals surface area contributed by atoms with Crippen molar-refractivity contribution in [3.8, 4) is 0 Å². The van der Waals surface area contributed by atoms with E-state index in [1.54, 1.807) is 12.5 Å². The Morgan fingerprint density at radius 1 is 1.46 bits per heavy atom. The van der Waals surface area contributed by atoms with Crippen LogP contribution in [0.4, 0.5) is 4.79 Å². The van der Waals surface area contributed by atoms with Crippen molar-refractivity contribution in [3.63, 3.8) is 0 Å². The van der Waals surface area contributed by atoms with Gasteiger partial charge >= 0.3 is 12.0 Å². The quantitative estimate of drug-likeness (QED) is 0.256. The molecule has 28 heavy (non-hydrogen) atoms. The van der Waals surface area contributed by atoms with E-state index in [9.17, 15) is 9.59 Å². The third-order valence-electron chi connectivity index (χ3n) is 6.32. The Bertz CT molecular complexity index is 821. The molecule has 150 valence electrons. The monoisotopic (exact) mass is 386 g/mol. The molecule has 3 rings (SSSR count). The number of nitrogens with zero attached hydrogens (tertiary/aromatic N) is 3. The molecule has 1 N–H and O–H groups in total. The van der Waals surface area contributed by atoms with Gasteiger partial charge in [-0.3, -0.25) is 9.59 Å². The van der Waals surface area contributed by atoms with Crippen LogP contribution in [0.3, 0.4) is 0 Å². The van der Waals surface area contributed by atoms with E-state index in [1.807, 2.05) is 6.07 Å². The number of hydrogen-bond acceptors (Lipinski definition) is 4. The van der Waals surface area contributed by atoms with Gasteiger partial charge < -0.3 is 14.5 Å². The van der Waals surface area contributed by atoms with E-state index in [0.717, 1.165) is 18.4 Å². The summed E-state index contributed by atoms with van der Waals surface area (Å²) in [6.45, 7) is 6.58. The normalized spacial score (nSPS) is 29.3. The van der Waals surface area contributed by atoms with Crippen molar-refractivity contribution in [1.29, 1.82) is 0 Å². The molecule has 1 aromatic heterocycles. The summed E-state index contributed by atoms with van der Waals surface area (Å²) in [7, 11) is 0. The van der Waals surface area contributed by atoms with Crippen LogP contribution in [0, 0.1) is 17.3 Å². The van der Waals surface area contributed by atoms with Gasteiger partial charge in [-0.2, -0.15) is 0 Å². The van der Waals surface area contributed by atoms with Crippen molar-refractivity contribution in [3.05, 3.63) is 45.7 Å². The van der Waals surface area contributed by atoms with Crippen LogP contribution in [-0.4, -0.2) is 18.5 Å². The smallest absolute Gasteiger partial charge is 0.313 e. The first kappa shape index (κ1) is 20.0. The summed E-state index contributed by atoms with van der Waals surface area (Å²) in [5, 5.41) is 5.66. The van der Waals surface area contributed by atoms with Crippen LogP contribution < -0.4 is 5.32 Å². The highest BCUT2D eigenvalue weighted by molar-refractivity contribution is 5.81. The third-order valence-corrected chi connectivity index (χ3v) is 6.32. The molecular formula is C20H26N4O4. The average molecular weight is 386 g/mol. The van der Waals surface area contributed by atoms with Crippen LogP contribution >= 0.6 is 0 Å². The number of esters is 1. The second kappa shape index (κ2) is 8.10. The molecule has 4 atom stereocenters. The van der Waals surface area contributed by atoms with Crippen molar-refractivity contribution in [2.45, 2.75) is 52.6 Å². The number of azide groups is 1. The van der Waals surface area contributed by atoms with E-state index < -0.39 is 11.4 Å². The molecule has 0 aromatic carbocycles. The molecular weight excluding hydrogens is 360 g/mol. The summed E-state index contributed by atoms with van der Waals surface area (Å²) in [4.78, 5) is 27.2. The number of ether oxygens (including phenoxy) is 1. The Hall–Kier alpha value is -2.73. The van der Waals surface area contributed by atoms with Crippen molar-refractivity contribution in [1.82, 2.24) is 5.32 Å². The van der Waals surface area contributed by atoms with Gasteiger partial charge in [0.25, 0.3) is 0 Å². The lowest BCUT2D eigenvalue weighted by molar-refractivity contribution is -0.154. The number of rotatable bonds is 4. The molecule has 2 aliphatic rings. The molecule has 1 spiro atoms. The average Bonchev–Trinajstić information content (AvgIpc) is 3.28. The van der Waals surface area contributed by atoms with Crippen LogP contribution in [-0.2, 0) is 9.53 Å². The Kier molecular flexibility index (Phi) is 5.79. The van der Waals surface area contributed by atoms with E-state index in [1.165, 1.54) is 11.1 Å². The summed E-state index contributed by atoms with van der Waals surface area (Å²) in [5.74, 6) is -0.0362. The first-order chi connectivity index (χ1) is 13.4. The van der Waals surface area contributed by atoms with Gasteiger partial charge in [0.15, 0.2) is 0 Å². The Morgan fingerprint density at radius 3 is 2.89 bits per heavy atom.